The summed E-state index contributed by atoms with van der Waals surface area (Å²) in [7, 11) is -0.646. The maximum Gasteiger partial charge on any atom is 0.315 e. The number of Topliss-reactive ketones (excluding diaryl/α,β-unsaturated/α-hetero) is 1. The zero-order valence-corrected chi connectivity index (χ0v) is 31.8. The lowest BCUT2D eigenvalue weighted by molar-refractivity contribution is -0.144. The van der Waals surface area contributed by atoms with Gasteiger partial charge in [0.05, 0.1) is 17.3 Å². The molecule has 2 heterocycles. The number of hydrogen-bond donors (Lipinski definition) is 4. The van der Waals surface area contributed by atoms with Crippen molar-refractivity contribution in [2.45, 2.75) is 147 Å². The zero-order valence-electron chi connectivity index (χ0n) is 31.0. The van der Waals surface area contributed by atoms with E-state index in [1.807, 2.05) is 6.92 Å². The first-order chi connectivity index (χ1) is 23.6. The third kappa shape index (κ3) is 9.77. The summed E-state index contributed by atoms with van der Waals surface area (Å²) in [4.78, 5) is 69.9. The fourth-order valence-corrected chi connectivity index (χ4v) is 9.80. The summed E-state index contributed by atoms with van der Waals surface area (Å²) in [6.07, 6.45) is 12.2. The van der Waals surface area contributed by atoms with Gasteiger partial charge in [0.1, 0.15) is 12.1 Å². The molecule has 2 aliphatic carbocycles. The quantitative estimate of drug-likeness (QED) is 0.265. The fraction of sp³-hybridized carbons (Fsp3) is 0.861. The predicted octanol–water partition coefficient (Wildman–Crippen LogP) is 3.23. The van der Waals surface area contributed by atoms with Crippen molar-refractivity contribution in [2.24, 2.45) is 17.3 Å². The third-order valence-electron chi connectivity index (χ3n) is 11.7. The number of sulfonamides is 1. The molecule has 13 nitrogen and oxygen atoms in total. The fourth-order valence-electron chi connectivity index (χ4n) is 8.49. The highest BCUT2D eigenvalue weighted by Gasteiger charge is 2.69. The van der Waals surface area contributed by atoms with Gasteiger partial charge < -0.3 is 26.2 Å². The molecule has 0 unspecified atom stereocenters. The molecule has 5 amide bonds. The van der Waals surface area contributed by atoms with Crippen molar-refractivity contribution in [1.29, 1.82) is 0 Å². The van der Waals surface area contributed by atoms with E-state index < -0.39 is 57.3 Å². The second-order valence-corrected chi connectivity index (χ2v) is 18.2. The molecule has 284 valence electrons. The van der Waals surface area contributed by atoms with Gasteiger partial charge in [-0.3, -0.25) is 19.2 Å². The summed E-state index contributed by atoms with van der Waals surface area (Å²) < 4.78 is 27.1. The standard InChI is InChI=1S/C36H62N6O7S/c1-6-22-37-32(45)30(43)26-18-14-11-9-7-8-10-12-15-19-27(33(46)42-23-25-28(35(25,2)3)29(42)31(44)38-26)39-34(47)40-36(20-16-13-17-21-36)24-50(48,49)41(4)5/h25-29H,6-24H2,1-5H3,(H,37,45)(H,38,44)(H2,39,40,47)/t25-,26+,27+,28-,29-/m0/s1. The second kappa shape index (κ2) is 17.2. The second-order valence-electron chi connectivity index (χ2n) is 16.0. The Kier molecular flexibility index (Phi) is 13.8. The highest BCUT2D eigenvalue weighted by Crippen LogP contribution is 2.65. The molecular formula is C36H62N6O7S. The number of amides is 5. The Morgan fingerprint density at radius 3 is 2.08 bits per heavy atom. The Morgan fingerprint density at radius 2 is 1.48 bits per heavy atom. The van der Waals surface area contributed by atoms with Crippen LogP contribution in [-0.4, -0.2) is 104 Å². The molecule has 4 aliphatic rings. The molecule has 14 heteroatoms. The topological polar surface area (TPSA) is 174 Å². The van der Waals surface area contributed by atoms with Crippen molar-refractivity contribution >= 4 is 39.6 Å². The highest BCUT2D eigenvalue weighted by atomic mass is 32.2. The highest BCUT2D eigenvalue weighted by molar-refractivity contribution is 7.89. The van der Waals surface area contributed by atoms with Crippen LogP contribution in [0.3, 0.4) is 0 Å². The van der Waals surface area contributed by atoms with Gasteiger partial charge >= 0.3 is 6.03 Å². The lowest BCUT2D eigenvalue weighted by Crippen LogP contribution is -2.62. The lowest BCUT2D eigenvalue weighted by Gasteiger charge is -2.39. The minimum atomic E-state index is -3.62. The number of nitrogens with zero attached hydrogens (tertiary/aromatic N) is 2. The third-order valence-corrected chi connectivity index (χ3v) is 13.7. The van der Waals surface area contributed by atoms with Crippen LogP contribution in [-0.2, 0) is 29.2 Å². The minimum Gasteiger partial charge on any atom is -0.349 e. The molecule has 4 fully saturated rings. The normalized spacial score (nSPS) is 29.2. The Balaban J connectivity index is 1.58. The first-order valence-corrected chi connectivity index (χ1v) is 20.7. The van der Waals surface area contributed by atoms with Crippen LogP contribution in [0.25, 0.3) is 0 Å². The van der Waals surface area contributed by atoms with Crippen LogP contribution in [0.15, 0.2) is 0 Å². The smallest absolute Gasteiger partial charge is 0.315 e. The van der Waals surface area contributed by atoms with E-state index in [4.69, 9.17) is 0 Å². The molecule has 4 rings (SSSR count). The number of carbonyl (C=O) groups excluding carboxylic acids is 5. The molecule has 0 aromatic heterocycles. The molecule has 2 saturated carbocycles. The number of carbonyl (C=O) groups is 5. The molecule has 0 bridgehead atoms. The Labute approximate surface area is 299 Å². The van der Waals surface area contributed by atoms with Crippen LogP contribution in [0.5, 0.6) is 0 Å². The maximum absolute atomic E-state index is 14.4. The minimum absolute atomic E-state index is 0.0889. The van der Waals surface area contributed by atoms with Crippen molar-refractivity contribution in [2.75, 3.05) is 32.9 Å². The molecule has 5 atom stereocenters. The Bertz CT molecular complexity index is 1350. The van der Waals surface area contributed by atoms with Gasteiger partial charge in [-0.15, -0.1) is 0 Å². The van der Waals surface area contributed by atoms with E-state index in [0.29, 0.717) is 58.0 Å². The van der Waals surface area contributed by atoms with Crippen molar-refractivity contribution in [3.63, 3.8) is 0 Å². The average Bonchev–Trinajstić information content (AvgIpc) is 3.36. The van der Waals surface area contributed by atoms with Crippen LogP contribution in [0, 0.1) is 17.3 Å². The summed E-state index contributed by atoms with van der Waals surface area (Å²) in [5, 5.41) is 11.5. The lowest BCUT2D eigenvalue weighted by atomic mass is 9.83. The molecule has 0 radical (unpaired) electrons. The number of fused-ring (bicyclic) bond motifs is 3. The van der Waals surface area contributed by atoms with Crippen molar-refractivity contribution in [3.05, 3.63) is 0 Å². The van der Waals surface area contributed by atoms with Gasteiger partial charge in [0.2, 0.25) is 27.6 Å². The van der Waals surface area contributed by atoms with Crippen LogP contribution >= 0.6 is 0 Å². The zero-order chi connectivity index (χ0) is 36.7. The van der Waals surface area contributed by atoms with Crippen LogP contribution in [0.2, 0.25) is 0 Å². The molecule has 2 aliphatic heterocycles. The van der Waals surface area contributed by atoms with Gasteiger partial charge in [0, 0.05) is 27.2 Å². The van der Waals surface area contributed by atoms with Gasteiger partial charge in [-0.05, 0) is 49.4 Å². The van der Waals surface area contributed by atoms with E-state index >= 15 is 0 Å². The van der Waals surface area contributed by atoms with E-state index in [-0.39, 0.29) is 28.9 Å². The molecular weight excluding hydrogens is 660 g/mol. The molecule has 50 heavy (non-hydrogen) atoms. The first kappa shape index (κ1) is 40.0. The Morgan fingerprint density at radius 1 is 0.900 bits per heavy atom. The van der Waals surface area contributed by atoms with Crippen LogP contribution in [0.4, 0.5) is 4.79 Å². The average molecular weight is 723 g/mol. The van der Waals surface area contributed by atoms with Crippen molar-refractivity contribution in [3.8, 4) is 0 Å². The summed E-state index contributed by atoms with van der Waals surface area (Å²) in [6.45, 7) is 6.78. The molecule has 2 saturated heterocycles. The van der Waals surface area contributed by atoms with E-state index in [9.17, 15) is 32.4 Å². The van der Waals surface area contributed by atoms with Gasteiger partial charge in [-0.25, -0.2) is 17.5 Å². The summed E-state index contributed by atoms with van der Waals surface area (Å²) in [6, 6.07) is -3.32. The van der Waals surface area contributed by atoms with Gasteiger partial charge in [-0.1, -0.05) is 91.4 Å². The van der Waals surface area contributed by atoms with E-state index in [1.165, 1.54) is 18.4 Å². The van der Waals surface area contributed by atoms with E-state index in [1.54, 1.807) is 4.90 Å². The number of hydrogen-bond acceptors (Lipinski definition) is 7. The molecule has 4 N–H and O–H groups in total. The van der Waals surface area contributed by atoms with Crippen LogP contribution < -0.4 is 21.3 Å². The monoisotopic (exact) mass is 722 g/mol. The number of ketones is 1. The summed E-state index contributed by atoms with van der Waals surface area (Å²) >= 11 is 0. The molecule has 0 aromatic rings. The largest absolute Gasteiger partial charge is 0.349 e. The SMILES string of the molecule is CCCNC(=O)C(=O)[C@H]1CCCCCCCCCC[C@@H](NC(=O)NC2(CS(=O)(=O)N(C)C)CCCCC2)C(=O)N2C[C@H]3[C@@H]([C@H]2C(=O)N1)C3(C)C. The van der Waals surface area contributed by atoms with E-state index in [2.05, 4.69) is 35.1 Å². The van der Waals surface area contributed by atoms with Gasteiger partial charge in [0.15, 0.2) is 0 Å². The van der Waals surface area contributed by atoms with E-state index in [0.717, 1.165) is 57.8 Å². The number of nitrogens with one attached hydrogen (secondary N) is 4. The van der Waals surface area contributed by atoms with Crippen molar-refractivity contribution in [1.82, 2.24) is 30.5 Å². The number of urea groups is 1. The maximum atomic E-state index is 14.4. The Hall–Kier alpha value is -2.74. The first-order valence-electron chi connectivity index (χ1n) is 19.1. The molecule has 0 spiro atoms. The van der Waals surface area contributed by atoms with Gasteiger partial charge in [-0.2, -0.15) is 0 Å². The summed E-state index contributed by atoms with van der Waals surface area (Å²) in [5.74, 6) is -2.43. The number of rotatable bonds is 9. The predicted molar refractivity (Wildman–Crippen MR) is 191 cm³/mol. The van der Waals surface area contributed by atoms with Crippen LogP contribution in [0.1, 0.15) is 124 Å². The number of piperidine rings is 1. The molecule has 0 aromatic carbocycles. The van der Waals surface area contributed by atoms with Gasteiger partial charge in [0.25, 0.3) is 5.91 Å². The summed E-state index contributed by atoms with van der Waals surface area (Å²) in [5.41, 5.74) is -1.13. The van der Waals surface area contributed by atoms with Crippen molar-refractivity contribution < 1.29 is 32.4 Å².